The van der Waals surface area contributed by atoms with Crippen LogP contribution in [0.1, 0.15) is 38.1 Å². The van der Waals surface area contributed by atoms with Crippen molar-refractivity contribution < 1.29 is 9.72 Å². The van der Waals surface area contributed by atoms with Gasteiger partial charge in [0.25, 0.3) is 11.6 Å². The van der Waals surface area contributed by atoms with E-state index in [9.17, 15) is 14.9 Å². The molecule has 4 N–H and O–H groups in total. The number of anilines is 1. The van der Waals surface area contributed by atoms with Gasteiger partial charge < -0.3 is 10.7 Å². The highest BCUT2D eigenvalue weighted by atomic mass is 16.6. The molecule has 7 nitrogen and oxygen atoms in total. The number of amides is 1. The molecule has 7 heteroatoms. The SMILES string of the molecule is CC1(C)C(NC(=O)c2cc(NN)ccc2[N+](=O)[O-])C1(C)C. The molecule has 0 heterocycles. The van der Waals surface area contributed by atoms with Gasteiger partial charge in [-0.25, -0.2) is 0 Å². The van der Waals surface area contributed by atoms with E-state index in [4.69, 9.17) is 5.84 Å². The number of nitro groups is 1. The molecule has 114 valence electrons. The Kier molecular flexibility index (Phi) is 3.41. The topological polar surface area (TPSA) is 110 Å². The Morgan fingerprint density at radius 1 is 1.29 bits per heavy atom. The molecule has 0 aliphatic heterocycles. The molecule has 1 aliphatic rings. The van der Waals surface area contributed by atoms with Gasteiger partial charge in [0.2, 0.25) is 0 Å². The minimum atomic E-state index is -0.571. The summed E-state index contributed by atoms with van der Waals surface area (Å²) in [7, 11) is 0. The fraction of sp³-hybridized carbons (Fsp3) is 0.500. The van der Waals surface area contributed by atoms with Crippen molar-refractivity contribution >= 4 is 17.3 Å². The van der Waals surface area contributed by atoms with Crippen LogP contribution in [0, 0.1) is 20.9 Å². The van der Waals surface area contributed by atoms with E-state index in [1.807, 2.05) is 0 Å². The summed E-state index contributed by atoms with van der Waals surface area (Å²) in [4.78, 5) is 22.9. The Balaban J connectivity index is 2.29. The van der Waals surface area contributed by atoms with Gasteiger partial charge in [0.15, 0.2) is 0 Å². The molecule has 0 bridgehead atoms. The van der Waals surface area contributed by atoms with Crippen LogP contribution in [0.5, 0.6) is 0 Å². The van der Waals surface area contributed by atoms with Crippen LogP contribution in [-0.4, -0.2) is 16.9 Å². The first kappa shape index (κ1) is 15.2. The van der Waals surface area contributed by atoms with E-state index in [2.05, 4.69) is 38.4 Å². The molecule has 0 saturated heterocycles. The maximum absolute atomic E-state index is 12.4. The summed E-state index contributed by atoms with van der Waals surface area (Å²) in [6, 6.07) is 4.09. The van der Waals surface area contributed by atoms with Crippen LogP contribution in [0.4, 0.5) is 11.4 Å². The highest BCUT2D eigenvalue weighted by Gasteiger charge is 2.65. The Hall–Kier alpha value is -2.15. The maximum atomic E-state index is 12.4. The second kappa shape index (κ2) is 4.70. The molecule has 1 aliphatic carbocycles. The number of hydrogen-bond donors (Lipinski definition) is 3. The minimum Gasteiger partial charge on any atom is -0.348 e. The summed E-state index contributed by atoms with van der Waals surface area (Å²) >= 11 is 0. The molecule has 0 spiro atoms. The zero-order valence-corrected chi connectivity index (χ0v) is 12.6. The second-order valence-electron chi connectivity index (χ2n) is 6.48. The average molecular weight is 292 g/mol. The first-order chi connectivity index (χ1) is 9.62. The van der Waals surface area contributed by atoms with E-state index >= 15 is 0 Å². The molecule has 0 unspecified atom stereocenters. The first-order valence-electron chi connectivity index (χ1n) is 6.69. The predicted molar refractivity (Wildman–Crippen MR) is 79.7 cm³/mol. The lowest BCUT2D eigenvalue weighted by Crippen LogP contribution is -2.30. The highest BCUT2D eigenvalue weighted by molar-refractivity contribution is 5.99. The fourth-order valence-electron chi connectivity index (χ4n) is 2.73. The number of hydrogen-bond acceptors (Lipinski definition) is 5. The smallest absolute Gasteiger partial charge is 0.282 e. The fourth-order valence-corrected chi connectivity index (χ4v) is 2.73. The van der Waals surface area contributed by atoms with Crippen molar-refractivity contribution in [3.8, 4) is 0 Å². The third-order valence-electron chi connectivity index (χ3n) is 4.90. The van der Waals surface area contributed by atoms with Crippen LogP contribution < -0.4 is 16.6 Å². The first-order valence-corrected chi connectivity index (χ1v) is 6.69. The molecule has 0 radical (unpaired) electrons. The van der Waals surface area contributed by atoms with Gasteiger partial charge >= 0.3 is 0 Å². The Morgan fingerprint density at radius 2 is 1.86 bits per heavy atom. The van der Waals surface area contributed by atoms with Crippen molar-refractivity contribution in [1.82, 2.24) is 5.32 Å². The molecule has 2 rings (SSSR count). The van der Waals surface area contributed by atoms with Crippen LogP contribution in [0.2, 0.25) is 0 Å². The monoisotopic (exact) mass is 292 g/mol. The Morgan fingerprint density at radius 3 is 2.29 bits per heavy atom. The van der Waals surface area contributed by atoms with E-state index < -0.39 is 10.8 Å². The lowest BCUT2D eigenvalue weighted by molar-refractivity contribution is -0.385. The van der Waals surface area contributed by atoms with E-state index in [1.54, 1.807) is 0 Å². The van der Waals surface area contributed by atoms with E-state index in [-0.39, 0.29) is 28.1 Å². The van der Waals surface area contributed by atoms with Crippen LogP contribution in [0.15, 0.2) is 18.2 Å². The van der Waals surface area contributed by atoms with Gasteiger partial charge in [-0.15, -0.1) is 0 Å². The summed E-state index contributed by atoms with van der Waals surface area (Å²) in [5.74, 6) is 4.84. The van der Waals surface area contributed by atoms with Crippen molar-refractivity contribution in [3.05, 3.63) is 33.9 Å². The van der Waals surface area contributed by atoms with Gasteiger partial charge in [-0.1, -0.05) is 27.7 Å². The number of nitrogen functional groups attached to an aromatic ring is 1. The van der Waals surface area contributed by atoms with Crippen LogP contribution in [0.3, 0.4) is 0 Å². The average Bonchev–Trinajstić information content (AvgIpc) is 2.80. The predicted octanol–water partition coefficient (Wildman–Crippen LogP) is 2.04. The molecule has 0 atom stereocenters. The Bertz CT molecular complexity index is 596. The zero-order chi connectivity index (χ0) is 16.0. The summed E-state index contributed by atoms with van der Waals surface area (Å²) in [6.07, 6.45) is 0. The third-order valence-corrected chi connectivity index (χ3v) is 4.90. The number of carbonyl (C=O) groups excluding carboxylic acids is 1. The van der Waals surface area contributed by atoms with Gasteiger partial charge in [0.1, 0.15) is 5.56 Å². The summed E-state index contributed by atoms with van der Waals surface area (Å²) in [5.41, 5.74) is 2.53. The van der Waals surface area contributed by atoms with Crippen LogP contribution >= 0.6 is 0 Å². The molecule has 1 aromatic rings. The van der Waals surface area contributed by atoms with Gasteiger partial charge in [-0.05, 0) is 23.0 Å². The molecule has 1 saturated carbocycles. The second-order valence-corrected chi connectivity index (χ2v) is 6.48. The van der Waals surface area contributed by atoms with Gasteiger partial charge in [0.05, 0.1) is 4.92 Å². The zero-order valence-electron chi connectivity index (χ0n) is 12.6. The molecule has 0 aromatic heterocycles. The van der Waals surface area contributed by atoms with E-state index in [1.165, 1.54) is 18.2 Å². The standard InChI is InChI=1S/C14H20N4O3/c1-13(2)12(14(13,3)4)16-11(19)9-7-8(17-15)5-6-10(9)18(20)21/h5-7,12,17H,15H2,1-4H3,(H,16,19). The largest absolute Gasteiger partial charge is 0.348 e. The molecule has 21 heavy (non-hydrogen) atoms. The molecule has 1 fully saturated rings. The molecular weight excluding hydrogens is 272 g/mol. The third kappa shape index (κ3) is 2.33. The lowest BCUT2D eigenvalue weighted by atomic mass is 10.0. The number of nitrogens with two attached hydrogens (primary N) is 1. The number of nitro benzene ring substituents is 1. The minimum absolute atomic E-state index is 0.00829. The number of carbonyl (C=O) groups is 1. The van der Waals surface area contributed by atoms with Gasteiger partial charge in [-0.2, -0.15) is 0 Å². The highest BCUT2D eigenvalue weighted by Crippen LogP contribution is 2.62. The number of nitrogens with zero attached hydrogens (tertiary/aromatic N) is 1. The molecule has 1 amide bonds. The van der Waals surface area contributed by atoms with Crippen LogP contribution in [0.25, 0.3) is 0 Å². The number of rotatable bonds is 4. The normalized spacial score (nSPS) is 18.9. The van der Waals surface area contributed by atoms with Crippen molar-refractivity contribution in [2.75, 3.05) is 5.43 Å². The quantitative estimate of drug-likeness (QED) is 0.447. The summed E-state index contributed by atoms with van der Waals surface area (Å²) < 4.78 is 0. The van der Waals surface area contributed by atoms with Gasteiger partial charge in [0, 0.05) is 17.8 Å². The lowest BCUT2D eigenvalue weighted by Gasteiger charge is -2.09. The summed E-state index contributed by atoms with van der Waals surface area (Å²) in [6.45, 7) is 8.24. The number of benzene rings is 1. The Labute approximate surface area is 123 Å². The number of hydrazine groups is 1. The maximum Gasteiger partial charge on any atom is 0.282 e. The molecular formula is C14H20N4O3. The summed E-state index contributed by atoms with van der Waals surface area (Å²) in [5, 5.41) is 13.9. The van der Waals surface area contributed by atoms with Crippen molar-refractivity contribution in [2.45, 2.75) is 33.7 Å². The van der Waals surface area contributed by atoms with Crippen molar-refractivity contribution in [1.29, 1.82) is 0 Å². The number of nitrogens with one attached hydrogen (secondary N) is 2. The van der Waals surface area contributed by atoms with Gasteiger partial charge in [-0.3, -0.25) is 20.8 Å². The molecule has 1 aromatic carbocycles. The van der Waals surface area contributed by atoms with Crippen molar-refractivity contribution in [3.63, 3.8) is 0 Å². The van der Waals surface area contributed by atoms with Crippen LogP contribution in [-0.2, 0) is 0 Å². The van der Waals surface area contributed by atoms with Crippen molar-refractivity contribution in [2.24, 2.45) is 16.7 Å². The van der Waals surface area contributed by atoms with E-state index in [0.717, 1.165) is 0 Å². The van der Waals surface area contributed by atoms with E-state index in [0.29, 0.717) is 5.69 Å².